The van der Waals surface area contributed by atoms with Crippen molar-refractivity contribution >= 4 is 28.9 Å². The van der Waals surface area contributed by atoms with Crippen molar-refractivity contribution in [3.8, 4) is 0 Å². The lowest BCUT2D eigenvalue weighted by atomic mass is 10.1. The van der Waals surface area contributed by atoms with Gasteiger partial charge in [0.2, 0.25) is 5.91 Å². The molecule has 0 aromatic heterocycles. The van der Waals surface area contributed by atoms with Gasteiger partial charge in [-0.05, 0) is 31.5 Å². The molecule has 0 heterocycles. The summed E-state index contributed by atoms with van der Waals surface area (Å²) in [5, 5.41) is 13.3. The molecule has 20 heavy (non-hydrogen) atoms. The van der Waals surface area contributed by atoms with Crippen LogP contribution in [0, 0.1) is 10.1 Å². The molecule has 0 unspecified atom stereocenters. The van der Waals surface area contributed by atoms with Crippen LogP contribution in [0.2, 0.25) is 5.02 Å². The minimum atomic E-state index is -0.564. The Morgan fingerprint density at radius 3 is 2.60 bits per heavy atom. The maximum Gasteiger partial charge on any atom is 0.288 e. The number of benzene rings is 1. The largest absolute Gasteiger partial charge is 0.330 e. The maximum atomic E-state index is 11.7. The Labute approximate surface area is 122 Å². The molecule has 1 amide bonds. The number of nitro benzene ring substituents is 1. The molecule has 0 radical (unpaired) electrons. The summed E-state index contributed by atoms with van der Waals surface area (Å²) in [5.41, 5.74) is 5.67. The second kappa shape index (κ2) is 8.50. The maximum absolute atomic E-state index is 11.7. The average molecular weight is 300 g/mol. The first-order chi connectivity index (χ1) is 9.54. The zero-order valence-electron chi connectivity index (χ0n) is 11.1. The van der Waals surface area contributed by atoms with E-state index in [4.69, 9.17) is 17.3 Å². The van der Waals surface area contributed by atoms with E-state index in [0.717, 1.165) is 25.7 Å². The standard InChI is InChI=1S/C13H18ClN3O3/c14-11-9-10(6-7-12(11)17(19)20)16-13(18)5-3-1-2-4-8-15/h6-7,9H,1-5,8,15H2,(H,16,18). The van der Waals surface area contributed by atoms with Crippen LogP contribution in [-0.2, 0) is 4.79 Å². The van der Waals surface area contributed by atoms with Gasteiger partial charge in [-0.1, -0.05) is 24.4 Å². The van der Waals surface area contributed by atoms with Gasteiger partial charge < -0.3 is 11.1 Å². The predicted octanol–water partition coefficient (Wildman–Crippen LogP) is 3.10. The molecule has 1 rings (SSSR count). The van der Waals surface area contributed by atoms with Gasteiger partial charge in [-0.15, -0.1) is 0 Å². The van der Waals surface area contributed by atoms with E-state index in [-0.39, 0.29) is 16.6 Å². The van der Waals surface area contributed by atoms with Gasteiger partial charge in [0.1, 0.15) is 5.02 Å². The van der Waals surface area contributed by atoms with Gasteiger partial charge in [0.05, 0.1) is 4.92 Å². The number of unbranched alkanes of at least 4 members (excludes halogenated alkanes) is 3. The van der Waals surface area contributed by atoms with E-state index >= 15 is 0 Å². The molecule has 0 bridgehead atoms. The molecule has 6 nitrogen and oxygen atoms in total. The number of nitrogens with one attached hydrogen (secondary N) is 1. The first-order valence-electron chi connectivity index (χ1n) is 6.48. The summed E-state index contributed by atoms with van der Waals surface area (Å²) in [6.07, 6.45) is 4.17. The van der Waals surface area contributed by atoms with E-state index in [0.29, 0.717) is 18.7 Å². The third-order valence-corrected chi connectivity index (χ3v) is 3.09. The summed E-state index contributed by atoms with van der Waals surface area (Å²) < 4.78 is 0. The third kappa shape index (κ3) is 5.54. The Balaban J connectivity index is 2.42. The van der Waals surface area contributed by atoms with Crippen molar-refractivity contribution in [3.05, 3.63) is 33.3 Å². The van der Waals surface area contributed by atoms with Crippen molar-refractivity contribution in [3.63, 3.8) is 0 Å². The zero-order valence-corrected chi connectivity index (χ0v) is 11.9. The van der Waals surface area contributed by atoms with E-state index in [2.05, 4.69) is 5.32 Å². The number of halogens is 1. The van der Waals surface area contributed by atoms with Crippen LogP contribution in [0.4, 0.5) is 11.4 Å². The van der Waals surface area contributed by atoms with Gasteiger partial charge in [-0.2, -0.15) is 0 Å². The van der Waals surface area contributed by atoms with Gasteiger partial charge >= 0.3 is 0 Å². The minimum absolute atomic E-state index is 0.00995. The highest BCUT2D eigenvalue weighted by Gasteiger charge is 2.12. The number of anilines is 1. The smallest absolute Gasteiger partial charge is 0.288 e. The van der Waals surface area contributed by atoms with Crippen LogP contribution < -0.4 is 11.1 Å². The van der Waals surface area contributed by atoms with E-state index in [1.54, 1.807) is 0 Å². The lowest BCUT2D eigenvalue weighted by Gasteiger charge is -2.05. The zero-order chi connectivity index (χ0) is 15.0. The Morgan fingerprint density at radius 2 is 2.00 bits per heavy atom. The third-order valence-electron chi connectivity index (χ3n) is 2.79. The minimum Gasteiger partial charge on any atom is -0.330 e. The van der Waals surface area contributed by atoms with Crippen LogP contribution in [0.1, 0.15) is 32.1 Å². The summed E-state index contributed by atoms with van der Waals surface area (Å²) in [4.78, 5) is 21.7. The molecule has 0 saturated heterocycles. The molecular formula is C13H18ClN3O3. The Hall–Kier alpha value is -1.66. The van der Waals surface area contributed by atoms with Gasteiger partial charge in [0, 0.05) is 18.2 Å². The van der Waals surface area contributed by atoms with Crippen LogP contribution in [0.15, 0.2) is 18.2 Å². The second-order valence-corrected chi connectivity index (χ2v) is 4.83. The van der Waals surface area contributed by atoms with Gasteiger partial charge in [0.25, 0.3) is 5.69 Å². The first-order valence-corrected chi connectivity index (χ1v) is 6.86. The van der Waals surface area contributed by atoms with Gasteiger partial charge in [-0.3, -0.25) is 14.9 Å². The summed E-state index contributed by atoms with van der Waals surface area (Å²) in [5.74, 6) is -0.123. The van der Waals surface area contributed by atoms with Crippen LogP contribution in [0.5, 0.6) is 0 Å². The number of amides is 1. The summed E-state index contributed by atoms with van der Waals surface area (Å²) >= 11 is 5.76. The SMILES string of the molecule is NCCCCCCC(=O)Nc1ccc([N+](=O)[O-])c(Cl)c1. The molecule has 0 saturated carbocycles. The molecule has 0 spiro atoms. The monoisotopic (exact) mass is 299 g/mol. The fourth-order valence-corrected chi connectivity index (χ4v) is 1.99. The number of nitrogens with two attached hydrogens (primary N) is 1. The summed E-state index contributed by atoms with van der Waals surface area (Å²) in [6.45, 7) is 0.674. The number of nitro groups is 1. The Bertz CT molecular complexity index is 480. The fraction of sp³-hybridized carbons (Fsp3) is 0.462. The van der Waals surface area contributed by atoms with Crippen LogP contribution in [0.3, 0.4) is 0 Å². The predicted molar refractivity (Wildman–Crippen MR) is 78.9 cm³/mol. The molecule has 1 aromatic rings. The van der Waals surface area contributed by atoms with E-state index in [1.165, 1.54) is 18.2 Å². The molecule has 110 valence electrons. The number of hydrogen-bond donors (Lipinski definition) is 2. The van der Waals surface area contributed by atoms with Crippen molar-refractivity contribution in [1.82, 2.24) is 0 Å². The molecular weight excluding hydrogens is 282 g/mol. The quantitative estimate of drug-likeness (QED) is 0.438. The topological polar surface area (TPSA) is 98.3 Å². The van der Waals surface area contributed by atoms with Crippen molar-refractivity contribution in [2.75, 3.05) is 11.9 Å². The van der Waals surface area contributed by atoms with Crippen LogP contribution in [-0.4, -0.2) is 17.4 Å². The van der Waals surface area contributed by atoms with E-state index in [9.17, 15) is 14.9 Å². The van der Waals surface area contributed by atoms with E-state index in [1.807, 2.05) is 0 Å². The van der Waals surface area contributed by atoms with Gasteiger partial charge in [-0.25, -0.2) is 0 Å². The molecule has 0 aliphatic carbocycles. The highest BCUT2D eigenvalue weighted by Crippen LogP contribution is 2.27. The normalized spacial score (nSPS) is 10.3. The van der Waals surface area contributed by atoms with Crippen LogP contribution in [0.25, 0.3) is 0 Å². The van der Waals surface area contributed by atoms with E-state index < -0.39 is 4.92 Å². The average Bonchev–Trinajstić information content (AvgIpc) is 2.38. The lowest BCUT2D eigenvalue weighted by Crippen LogP contribution is -2.11. The fourth-order valence-electron chi connectivity index (χ4n) is 1.74. The molecule has 0 atom stereocenters. The second-order valence-electron chi connectivity index (χ2n) is 4.42. The number of rotatable bonds is 8. The Kier molecular flexibility index (Phi) is 6.97. The Morgan fingerprint density at radius 1 is 1.30 bits per heavy atom. The molecule has 1 aromatic carbocycles. The number of hydrogen-bond acceptors (Lipinski definition) is 4. The lowest BCUT2D eigenvalue weighted by molar-refractivity contribution is -0.384. The molecule has 0 fully saturated rings. The number of carbonyl (C=O) groups excluding carboxylic acids is 1. The van der Waals surface area contributed by atoms with Gasteiger partial charge in [0.15, 0.2) is 0 Å². The molecule has 0 aliphatic heterocycles. The first kappa shape index (κ1) is 16.4. The highest BCUT2D eigenvalue weighted by molar-refractivity contribution is 6.33. The summed E-state index contributed by atoms with van der Waals surface area (Å²) in [7, 11) is 0. The van der Waals surface area contributed by atoms with Crippen molar-refractivity contribution in [2.45, 2.75) is 32.1 Å². The van der Waals surface area contributed by atoms with Crippen molar-refractivity contribution in [2.24, 2.45) is 5.73 Å². The van der Waals surface area contributed by atoms with Crippen molar-refractivity contribution in [1.29, 1.82) is 0 Å². The highest BCUT2D eigenvalue weighted by atomic mass is 35.5. The molecule has 7 heteroatoms. The molecule has 3 N–H and O–H groups in total. The van der Waals surface area contributed by atoms with Crippen LogP contribution >= 0.6 is 11.6 Å². The number of carbonyl (C=O) groups is 1. The summed E-state index contributed by atoms with van der Waals surface area (Å²) in [6, 6.07) is 4.13. The number of nitrogens with zero attached hydrogens (tertiary/aromatic N) is 1. The van der Waals surface area contributed by atoms with Crippen molar-refractivity contribution < 1.29 is 9.72 Å². The molecule has 0 aliphatic rings.